The van der Waals surface area contributed by atoms with E-state index in [1.54, 1.807) is 6.92 Å². The first-order valence-electron chi connectivity index (χ1n) is 8.37. The second-order valence-electron chi connectivity index (χ2n) is 6.53. The molecule has 0 aliphatic heterocycles. The lowest BCUT2D eigenvalue weighted by Gasteiger charge is -2.32. The van der Waals surface area contributed by atoms with E-state index < -0.39 is 11.9 Å². The number of phenolic OH excluding ortho intramolecular Hbond substituents is 2. The predicted molar refractivity (Wildman–Crippen MR) is 95.3 cm³/mol. The van der Waals surface area contributed by atoms with Gasteiger partial charge in [-0.1, -0.05) is 24.3 Å². The van der Waals surface area contributed by atoms with E-state index in [1.807, 2.05) is 24.3 Å². The Balaban J connectivity index is 2.26. The van der Waals surface area contributed by atoms with Crippen molar-refractivity contribution < 1.29 is 29.6 Å². The first kappa shape index (κ1) is 17.9. The number of methoxy groups -OCH3 is 2. The molecule has 0 heterocycles. The van der Waals surface area contributed by atoms with Crippen LogP contribution in [0.1, 0.15) is 34.6 Å². The van der Waals surface area contributed by atoms with Crippen LogP contribution in [0.2, 0.25) is 0 Å². The summed E-state index contributed by atoms with van der Waals surface area (Å²) in [7, 11) is 2.76. The number of rotatable bonds is 4. The van der Waals surface area contributed by atoms with E-state index in [4.69, 9.17) is 9.47 Å². The second-order valence-corrected chi connectivity index (χ2v) is 6.53. The van der Waals surface area contributed by atoms with Gasteiger partial charge in [0.1, 0.15) is 0 Å². The molecular weight excluding hydrogens is 336 g/mol. The molecule has 0 aromatic heterocycles. The zero-order chi connectivity index (χ0) is 19.0. The molecule has 6 heteroatoms. The molecule has 26 heavy (non-hydrogen) atoms. The third-order valence-corrected chi connectivity index (χ3v) is 5.17. The van der Waals surface area contributed by atoms with E-state index in [2.05, 4.69) is 0 Å². The average molecular weight is 358 g/mol. The van der Waals surface area contributed by atoms with E-state index in [0.717, 1.165) is 11.1 Å². The number of carbonyl (C=O) groups is 1. The summed E-state index contributed by atoms with van der Waals surface area (Å²) in [6, 6.07) is 7.61. The van der Waals surface area contributed by atoms with Crippen molar-refractivity contribution in [3.05, 3.63) is 46.5 Å². The maximum absolute atomic E-state index is 11.6. The van der Waals surface area contributed by atoms with Crippen molar-refractivity contribution in [1.29, 1.82) is 0 Å². The number of aliphatic carboxylic acids is 1. The number of benzene rings is 2. The molecule has 3 rings (SSSR count). The number of carboxylic acid groups (broad SMARTS) is 1. The maximum Gasteiger partial charge on any atom is 0.306 e. The molecule has 6 nitrogen and oxygen atoms in total. The fourth-order valence-electron chi connectivity index (χ4n) is 3.90. The first-order chi connectivity index (χ1) is 12.4. The van der Waals surface area contributed by atoms with Crippen LogP contribution in [0.5, 0.6) is 23.0 Å². The number of fused-ring (bicyclic) bond motifs is 1. The van der Waals surface area contributed by atoms with Gasteiger partial charge in [-0.3, -0.25) is 4.79 Å². The van der Waals surface area contributed by atoms with Gasteiger partial charge in [-0.25, -0.2) is 0 Å². The monoisotopic (exact) mass is 358 g/mol. The summed E-state index contributed by atoms with van der Waals surface area (Å²) in [5, 5.41) is 30.9. The molecule has 0 radical (unpaired) electrons. The Labute approximate surface area is 151 Å². The molecule has 0 amide bonds. The molecule has 0 fully saturated rings. The molecule has 0 spiro atoms. The van der Waals surface area contributed by atoms with Crippen LogP contribution in [-0.2, 0) is 11.2 Å². The predicted octanol–water partition coefficient (Wildman–Crippen LogP) is 3.20. The summed E-state index contributed by atoms with van der Waals surface area (Å²) in [5.41, 5.74) is 2.81. The lowest BCUT2D eigenvalue weighted by molar-refractivity contribution is -0.142. The van der Waals surface area contributed by atoms with E-state index in [1.165, 1.54) is 14.2 Å². The normalized spacial score (nSPS) is 18.9. The van der Waals surface area contributed by atoms with Gasteiger partial charge in [0.25, 0.3) is 0 Å². The van der Waals surface area contributed by atoms with Crippen LogP contribution in [0.25, 0.3) is 0 Å². The number of hydrogen-bond donors (Lipinski definition) is 3. The van der Waals surface area contributed by atoms with E-state index in [-0.39, 0.29) is 28.9 Å². The topological polar surface area (TPSA) is 96.2 Å². The van der Waals surface area contributed by atoms with Crippen LogP contribution in [-0.4, -0.2) is 35.5 Å². The van der Waals surface area contributed by atoms with Crippen LogP contribution in [0, 0.1) is 12.8 Å². The molecule has 0 saturated carbocycles. The molecular formula is C20H22O6. The van der Waals surface area contributed by atoms with Crippen LogP contribution in [0.3, 0.4) is 0 Å². The molecule has 0 bridgehead atoms. The first-order valence-corrected chi connectivity index (χ1v) is 8.37. The smallest absolute Gasteiger partial charge is 0.306 e. The Kier molecular flexibility index (Phi) is 4.68. The van der Waals surface area contributed by atoms with Gasteiger partial charge in [-0.15, -0.1) is 0 Å². The highest BCUT2D eigenvalue weighted by atomic mass is 16.5. The molecule has 1 aliphatic rings. The highest BCUT2D eigenvalue weighted by molar-refractivity contribution is 5.73. The summed E-state index contributed by atoms with van der Waals surface area (Å²) in [6.45, 7) is 1.68. The lowest BCUT2D eigenvalue weighted by atomic mass is 9.72. The fourth-order valence-corrected chi connectivity index (χ4v) is 3.90. The van der Waals surface area contributed by atoms with Gasteiger partial charge in [0.15, 0.2) is 11.5 Å². The van der Waals surface area contributed by atoms with Crippen molar-refractivity contribution in [2.75, 3.05) is 14.2 Å². The Bertz CT molecular complexity index is 858. The summed E-state index contributed by atoms with van der Waals surface area (Å²) in [6.07, 6.45) is 0.775. The largest absolute Gasteiger partial charge is 0.504 e. The summed E-state index contributed by atoms with van der Waals surface area (Å²) in [5.74, 6) is -1.95. The standard InChI is InChI=1S/C20H22O6/c1-10-15(17(22)19(26-3)18(25-2)16(10)21)14-9-12(20(23)24)8-11-6-4-5-7-13(11)14/h4-7,12,14,21-22H,8-9H2,1-3H3,(H,23,24)/t12-,14-/m0/s1. The van der Waals surface area contributed by atoms with Gasteiger partial charge in [-0.05, 0) is 30.9 Å². The SMILES string of the molecule is COc1c(O)c(C)c([C@H]2C[C@@H](C(=O)O)Cc3ccccc32)c(O)c1OC. The molecule has 2 aromatic rings. The highest BCUT2D eigenvalue weighted by Gasteiger charge is 2.36. The van der Waals surface area contributed by atoms with Crippen LogP contribution in [0.4, 0.5) is 0 Å². The minimum Gasteiger partial charge on any atom is -0.504 e. The zero-order valence-electron chi connectivity index (χ0n) is 14.9. The molecule has 2 atom stereocenters. The minimum absolute atomic E-state index is 0.0422. The number of ether oxygens (including phenoxy) is 2. The van der Waals surface area contributed by atoms with Gasteiger partial charge < -0.3 is 24.8 Å². The molecule has 2 aromatic carbocycles. The average Bonchev–Trinajstić information content (AvgIpc) is 2.64. The molecule has 138 valence electrons. The van der Waals surface area contributed by atoms with Gasteiger partial charge in [0, 0.05) is 17.0 Å². The zero-order valence-corrected chi connectivity index (χ0v) is 14.9. The van der Waals surface area contributed by atoms with Crippen LogP contribution in [0.15, 0.2) is 24.3 Å². The Morgan fingerprint density at radius 1 is 1.08 bits per heavy atom. The maximum atomic E-state index is 11.6. The number of hydrogen-bond acceptors (Lipinski definition) is 5. The summed E-state index contributed by atoms with van der Waals surface area (Å²) >= 11 is 0. The Morgan fingerprint density at radius 2 is 1.69 bits per heavy atom. The van der Waals surface area contributed by atoms with Crippen molar-refractivity contribution in [1.82, 2.24) is 0 Å². The van der Waals surface area contributed by atoms with Gasteiger partial charge in [-0.2, -0.15) is 0 Å². The van der Waals surface area contributed by atoms with Crippen LogP contribution < -0.4 is 9.47 Å². The van der Waals surface area contributed by atoms with Crippen molar-refractivity contribution in [2.45, 2.75) is 25.7 Å². The number of aromatic hydroxyl groups is 2. The van der Waals surface area contributed by atoms with E-state index in [9.17, 15) is 20.1 Å². The van der Waals surface area contributed by atoms with Crippen molar-refractivity contribution in [2.24, 2.45) is 5.92 Å². The lowest BCUT2D eigenvalue weighted by Crippen LogP contribution is -2.26. The van der Waals surface area contributed by atoms with Gasteiger partial charge in [0.2, 0.25) is 11.5 Å². The molecule has 0 saturated heterocycles. The third kappa shape index (κ3) is 2.71. The molecule has 1 aliphatic carbocycles. The molecule has 3 N–H and O–H groups in total. The van der Waals surface area contributed by atoms with Crippen molar-refractivity contribution in [3.63, 3.8) is 0 Å². The van der Waals surface area contributed by atoms with E-state index >= 15 is 0 Å². The third-order valence-electron chi connectivity index (χ3n) is 5.17. The van der Waals surface area contributed by atoms with Crippen LogP contribution >= 0.6 is 0 Å². The van der Waals surface area contributed by atoms with Gasteiger partial charge >= 0.3 is 5.97 Å². The van der Waals surface area contributed by atoms with E-state index in [0.29, 0.717) is 24.0 Å². The number of carboxylic acids is 1. The minimum atomic E-state index is -0.869. The molecule has 0 unspecified atom stereocenters. The quantitative estimate of drug-likeness (QED) is 0.727. The Hall–Kier alpha value is -2.89. The van der Waals surface area contributed by atoms with Crippen molar-refractivity contribution in [3.8, 4) is 23.0 Å². The van der Waals surface area contributed by atoms with Crippen molar-refractivity contribution >= 4 is 5.97 Å². The Morgan fingerprint density at radius 3 is 2.31 bits per heavy atom. The second kappa shape index (κ2) is 6.78. The summed E-state index contributed by atoms with van der Waals surface area (Å²) < 4.78 is 10.4. The summed E-state index contributed by atoms with van der Waals surface area (Å²) in [4.78, 5) is 11.6. The van der Waals surface area contributed by atoms with Gasteiger partial charge in [0.05, 0.1) is 20.1 Å². The fraction of sp³-hybridized carbons (Fsp3) is 0.350. The number of phenols is 2. The highest BCUT2D eigenvalue weighted by Crippen LogP contribution is 2.53.